The normalized spacial score (nSPS) is 21.5. The maximum absolute atomic E-state index is 11.4. The van der Waals surface area contributed by atoms with Gasteiger partial charge in [0.25, 0.3) is 0 Å². The number of nitrogens with one attached hydrogen (secondary N) is 1. The summed E-state index contributed by atoms with van der Waals surface area (Å²) in [5, 5.41) is 10.0. The molecule has 1 aliphatic heterocycles. The lowest BCUT2D eigenvalue weighted by atomic mass is 9.94. The van der Waals surface area contributed by atoms with Gasteiger partial charge in [0.1, 0.15) is 0 Å². The number of nitrogens with zero attached hydrogens (tertiary/aromatic N) is 3. The van der Waals surface area contributed by atoms with E-state index in [0.29, 0.717) is 19.3 Å². The second-order valence-corrected chi connectivity index (χ2v) is 3.74. The zero-order chi connectivity index (χ0) is 10.8. The van der Waals surface area contributed by atoms with Crippen molar-refractivity contribution in [3.8, 4) is 0 Å². The molecule has 80 valence electrons. The Kier molecular flexibility index (Phi) is 2.49. The molecule has 1 saturated heterocycles. The minimum absolute atomic E-state index is 0.153. The quantitative estimate of drug-likeness (QED) is 0.659. The third kappa shape index (κ3) is 2.20. The summed E-state index contributed by atoms with van der Waals surface area (Å²) in [6.45, 7) is 0. The lowest BCUT2D eigenvalue weighted by Gasteiger charge is -2.19. The van der Waals surface area contributed by atoms with Crippen LogP contribution < -0.4 is 5.32 Å². The van der Waals surface area contributed by atoms with Gasteiger partial charge in [-0.1, -0.05) is 5.21 Å². The van der Waals surface area contributed by atoms with Crippen LogP contribution >= 0.6 is 0 Å². The van der Waals surface area contributed by atoms with Crippen molar-refractivity contribution in [1.82, 2.24) is 20.3 Å². The van der Waals surface area contributed by atoms with E-state index in [1.165, 1.54) is 0 Å². The van der Waals surface area contributed by atoms with Crippen LogP contribution in [-0.4, -0.2) is 26.8 Å². The Morgan fingerprint density at radius 3 is 3.00 bits per heavy atom. The zero-order valence-electron chi connectivity index (χ0n) is 8.43. The van der Waals surface area contributed by atoms with Crippen LogP contribution in [0.15, 0.2) is 6.20 Å². The minimum atomic E-state index is -0.197. The Labute approximate surface area is 86.6 Å². The highest BCUT2D eigenvalue weighted by Gasteiger charge is 2.27. The summed E-state index contributed by atoms with van der Waals surface area (Å²) in [7, 11) is 1.78. The molecule has 0 saturated carbocycles. The van der Waals surface area contributed by atoms with Crippen LogP contribution in [0.5, 0.6) is 0 Å². The Hall–Kier alpha value is -1.72. The van der Waals surface area contributed by atoms with Gasteiger partial charge in [-0.15, -0.1) is 5.10 Å². The van der Waals surface area contributed by atoms with Crippen molar-refractivity contribution in [3.63, 3.8) is 0 Å². The van der Waals surface area contributed by atoms with Gasteiger partial charge < -0.3 is 0 Å². The molecule has 1 fully saturated rings. The number of piperidine rings is 1. The van der Waals surface area contributed by atoms with E-state index in [2.05, 4.69) is 15.6 Å². The van der Waals surface area contributed by atoms with Crippen molar-refractivity contribution < 1.29 is 9.59 Å². The van der Waals surface area contributed by atoms with E-state index in [9.17, 15) is 9.59 Å². The van der Waals surface area contributed by atoms with Crippen LogP contribution in [-0.2, 0) is 23.1 Å². The summed E-state index contributed by atoms with van der Waals surface area (Å²) in [6, 6.07) is 0. The van der Waals surface area contributed by atoms with Crippen LogP contribution in [0, 0.1) is 5.92 Å². The number of aryl methyl sites for hydroxylation is 1. The minimum Gasteiger partial charge on any atom is -0.296 e. The van der Waals surface area contributed by atoms with Crippen LogP contribution in [0.4, 0.5) is 0 Å². The van der Waals surface area contributed by atoms with E-state index in [0.717, 1.165) is 5.69 Å². The van der Waals surface area contributed by atoms with Crippen molar-refractivity contribution in [3.05, 3.63) is 11.9 Å². The summed E-state index contributed by atoms with van der Waals surface area (Å²) in [5.74, 6) is -0.535. The van der Waals surface area contributed by atoms with Crippen LogP contribution in [0.2, 0.25) is 0 Å². The fraction of sp³-hybridized carbons (Fsp3) is 0.556. The second kappa shape index (κ2) is 3.80. The van der Waals surface area contributed by atoms with Crippen LogP contribution in [0.1, 0.15) is 18.5 Å². The van der Waals surface area contributed by atoms with Gasteiger partial charge in [-0.25, -0.2) is 0 Å². The zero-order valence-corrected chi connectivity index (χ0v) is 8.43. The molecular formula is C9H12N4O2. The molecule has 0 aliphatic carbocycles. The van der Waals surface area contributed by atoms with Gasteiger partial charge >= 0.3 is 0 Å². The third-order valence-electron chi connectivity index (χ3n) is 2.46. The average Bonchev–Trinajstić information content (AvgIpc) is 2.56. The molecule has 1 unspecified atom stereocenters. The fourth-order valence-electron chi connectivity index (χ4n) is 1.67. The number of imide groups is 1. The molecule has 0 aromatic carbocycles. The summed E-state index contributed by atoms with van der Waals surface area (Å²) < 4.78 is 1.60. The third-order valence-corrected chi connectivity index (χ3v) is 2.46. The molecule has 15 heavy (non-hydrogen) atoms. The highest BCUT2D eigenvalue weighted by Crippen LogP contribution is 2.16. The van der Waals surface area contributed by atoms with Gasteiger partial charge in [0.05, 0.1) is 5.69 Å². The first-order valence-electron chi connectivity index (χ1n) is 4.84. The van der Waals surface area contributed by atoms with E-state index in [4.69, 9.17) is 0 Å². The number of carbonyl (C=O) groups is 2. The Morgan fingerprint density at radius 1 is 1.60 bits per heavy atom. The Morgan fingerprint density at radius 2 is 2.40 bits per heavy atom. The van der Waals surface area contributed by atoms with Crippen LogP contribution in [0.3, 0.4) is 0 Å². The topological polar surface area (TPSA) is 76.9 Å². The molecule has 6 nitrogen and oxygen atoms in total. The molecular weight excluding hydrogens is 196 g/mol. The summed E-state index contributed by atoms with van der Waals surface area (Å²) >= 11 is 0. The smallest absolute Gasteiger partial charge is 0.230 e. The van der Waals surface area contributed by atoms with Gasteiger partial charge in [-0.2, -0.15) is 0 Å². The molecule has 0 spiro atoms. The highest BCUT2D eigenvalue weighted by molar-refractivity contribution is 5.98. The van der Waals surface area contributed by atoms with Crippen LogP contribution in [0.25, 0.3) is 0 Å². The lowest BCUT2D eigenvalue weighted by molar-refractivity contribution is -0.136. The SMILES string of the molecule is Cn1cc(CC2CCC(=O)NC2=O)nn1. The standard InChI is InChI=1S/C9H12N4O2/c1-13-5-7(11-12-13)4-6-2-3-8(14)10-9(6)15/h5-6H,2-4H2,1H3,(H,10,14,15). The number of amides is 2. The maximum atomic E-state index is 11.4. The van der Waals surface area contributed by atoms with Gasteiger partial charge in [-0.05, 0) is 6.42 Å². The summed E-state index contributed by atoms with van der Waals surface area (Å²) in [4.78, 5) is 22.3. The molecule has 1 aliphatic rings. The highest BCUT2D eigenvalue weighted by atomic mass is 16.2. The van der Waals surface area contributed by atoms with Gasteiger partial charge in [0.2, 0.25) is 11.8 Å². The van der Waals surface area contributed by atoms with Crippen molar-refractivity contribution in [2.24, 2.45) is 13.0 Å². The van der Waals surface area contributed by atoms with E-state index in [1.54, 1.807) is 17.9 Å². The van der Waals surface area contributed by atoms with Crippen molar-refractivity contribution in [1.29, 1.82) is 0 Å². The number of hydrogen-bond donors (Lipinski definition) is 1. The fourth-order valence-corrected chi connectivity index (χ4v) is 1.67. The predicted octanol–water partition coefficient (Wildman–Crippen LogP) is -0.590. The molecule has 2 amide bonds. The number of hydrogen-bond acceptors (Lipinski definition) is 4. The first kappa shape index (κ1) is 9.82. The largest absolute Gasteiger partial charge is 0.296 e. The van der Waals surface area contributed by atoms with Gasteiger partial charge in [-0.3, -0.25) is 19.6 Å². The summed E-state index contributed by atoms with van der Waals surface area (Å²) in [6.07, 6.45) is 3.34. The molecule has 6 heteroatoms. The number of carbonyl (C=O) groups excluding carboxylic acids is 2. The monoisotopic (exact) mass is 208 g/mol. The van der Waals surface area contributed by atoms with E-state index in [1.807, 2.05) is 0 Å². The second-order valence-electron chi connectivity index (χ2n) is 3.74. The van der Waals surface area contributed by atoms with Gasteiger partial charge in [0.15, 0.2) is 0 Å². The number of rotatable bonds is 2. The van der Waals surface area contributed by atoms with E-state index >= 15 is 0 Å². The molecule has 1 N–H and O–H groups in total. The number of aromatic nitrogens is 3. The molecule has 1 aromatic heterocycles. The predicted molar refractivity (Wildman–Crippen MR) is 50.6 cm³/mol. The van der Waals surface area contributed by atoms with E-state index in [-0.39, 0.29) is 17.7 Å². The van der Waals surface area contributed by atoms with Crippen molar-refractivity contribution >= 4 is 11.8 Å². The molecule has 1 atom stereocenters. The lowest BCUT2D eigenvalue weighted by Crippen LogP contribution is -2.41. The Balaban J connectivity index is 2.00. The molecule has 0 bridgehead atoms. The molecule has 2 heterocycles. The maximum Gasteiger partial charge on any atom is 0.230 e. The molecule has 0 radical (unpaired) electrons. The average molecular weight is 208 g/mol. The summed E-state index contributed by atoms with van der Waals surface area (Å²) in [5.41, 5.74) is 0.784. The Bertz CT molecular complexity index is 399. The molecule has 1 aromatic rings. The van der Waals surface area contributed by atoms with Gasteiger partial charge in [0, 0.05) is 32.0 Å². The first-order valence-corrected chi connectivity index (χ1v) is 4.84. The van der Waals surface area contributed by atoms with Crippen molar-refractivity contribution in [2.45, 2.75) is 19.3 Å². The van der Waals surface area contributed by atoms with E-state index < -0.39 is 0 Å². The van der Waals surface area contributed by atoms with Crippen molar-refractivity contribution in [2.75, 3.05) is 0 Å². The first-order chi connectivity index (χ1) is 7.15. The molecule has 2 rings (SSSR count).